The fraction of sp³-hybridized carbons (Fsp3) is 0.0667. The van der Waals surface area contributed by atoms with Gasteiger partial charge in [0.1, 0.15) is 4.90 Å². The summed E-state index contributed by atoms with van der Waals surface area (Å²) in [7, 11) is -7.79. The Bertz CT molecular complexity index is 3100. The molecule has 8 aromatic rings. The lowest BCUT2D eigenvalue weighted by atomic mass is 9.95. The molecule has 3 N–H and O–H groups in total. The van der Waals surface area contributed by atoms with Crippen LogP contribution in [0.25, 0.3) is 44.1 Å². The zero-order chi connectivity index (χ0) is 40.3. The molecule has 2 aromatic heterocycles. The number of pyridine rings is 2. The van der Waals surface area contributed by atoms with E-state index >= 15 is 0 Å². The van der Waals surface area contributed by atoms with Gasteiger partial charge in [0.15, 0.2) is 0 Å². The van der Waals surface area contributed by atoms with Gasteiger partial charge in [-0.1, -0.05) is 120 Å². The Morgan fingerprint density at radius 1 is 0.544 bits per heavy atom. The molecule has 0 aliphatic heterocycles. The van der Waals surface area contributed by atoms with E-state index < -0.39 is 25.4 Å². The predicted molar refractivity (Wildman–Crippen MR) is 227 cm³/mol. The van der Waals surface area contributed by atoms with Crippen molar-refractivity contribution in [1.29, 1.82) is 0 Å². The highest BCUT2D eigenvalue weighted by atomic mass is 35.5. The third-order valence-electron chi connectivity index (χ3n) is 9.42. The van der Waals surface area contributed by atoms with E-state index in [-0.39, 0.29) is 26.8 Å². The van der Waals surface area contributed by atoms with Crippen LogP contribution in [0.1, 0.15) is 16.7 Å². The van der Waals surface area contributed by atoms with Gasteiger partial charge in [0, 0.05) is 50.1 Å². The van der Waals surface area contributed by atoms with Crippen molar-refractivity contribution in [2.45, 2.75) is 35.1 Å². The molecule has 286 valence electrons. The normalized spacial score (nSPS) is 11.6. The topological polar surface area (TPSA) is 146 Å². The first-order chi connectivity index (χ1) is 27.3. The molecule has 0 radical (unpaired) electrons. The van der Waals surface area contributed by atoms with Crippen LogP contribution in [-0.4, -0.2) is 26.8 Å². The van der Waals surface area contributed by atoms with Crippen molar-refractivity contribution in [2.24, 2.45) is 0 Å². The van der Waals surface area contributed by atoms with E-state index in [4.69, 9.17) is 11.6 Å². The first kappa shape index (κ1) is 39.1. The minimum Gasteiger partial charge on any atom is -0.322 e. The highest BCUT2D eigenvalue weighted by molar-refractivity contribution is 7.91. The van der Waals surface area contributed by atoms with Crippen molar-refractivity contribution in [3.63, 3.8) is 0 Å². The smallest absolute Gasteiger partial charge is 0.268 e. The lowest BCUT2D eigenvalue weighted by Gasteiger charge is -2.14. The molecule has 0 spiro atoms. The maximum absolute atomic E-state index is 13.3. The van der Waals surface area contributed by atoms with E-state index in [1.54, 1.807) is 84.9 Å². The van der Waals surface area contributed by atoms with Crippen LogP contribution in [0, 0.1) is 13.8 Å². The number of halogens is 1. The van der Waals surface area contributed by atoms with Crippen LogP contribution in [0.4, 0.5) is 0 Å². The van der Waals surface area contributed by atoms with Gasteiger partial charge >= 0.3 is 0 Å². The summed E-state index contributed by atoms with van der Waals surface area (Å²) in [5.41, 5.74) is 5.27. The zero-order valence-corrected chi connectivity index (χ0v) is 33.2. The van der Waals surface area contributed by atoms with Gasteiger partial charge in [-0.25, -0.2) is 21.6 Å². The van der Waals surface area contributed by atoms with Crippen LogP contribution in [-0.2, 0) is 26.4 Å². The average Bonchev–Trinajstić information content (AvgIpc) is 3.21. The molecular formula is C45H36ClN3O6S2. The van der Waals surface area contributed by atoms with Gasteiger partial charge in [-0.2, -0.15) is 0 Å². The second-order valence-electron chi connectivity index (χ2n) is 13.4. The van der Waals surface area contributed by atoms with Gasteiger partial charge in [-0.3, -0.25) is 9.59 Å². The fourth-order valence-corrected chi connectivity index (χ4v) is 9.34. The zero-order valence-electron chi connectivity index (χ0n) is 30.8. The third kappa shape index (κ3) is 8.23. The number of aromatic nitrogens is 2. The van der Waals surface area contributed by atoms with E-state index in [0.717, 1.165) is 33.2 Å². The lowest BCUT2D eigenvalue weighted by molar-refractivity contribution is 0.581. The first-order valence-corrected chi connectivity index (χ1v) is 21.2. The van der Waals surface area contributed by atoms with E-state index in [2.05, 4.69) is 14.7 Å². The summed E-state index contributed by atoms with van der Waals surface area (Å²) in [5, 5.41) is 1.91. The fourth-order valence-electron chi connectivity index (χ4n) is 6.63. The van der Waals surface area contributed by atoms with Gasteiger partial charge in [-0.05, 0) is 79.6 Å². The minimum absolute atomic E-state index is 0.0639. The number of fused-ring (bicyclic) bond motifs is 2. The molecule has 0 aliphatic rings. The molecule has 8 rings (SSSR count). The molecule has 0 aliphatic carbocycles. The number of sulfonamides is 1. The van der Waals surface area contributed by atoms with Gasteiger partial charge < -0.3 is 9.97 Å². The van der Waals surface area contributed by atoms with E-state index in [9.17, 15) is 26.4 Å². The molecule has 0 saturated heterocycles. The van der Waals surface area contributed by atoms with E-state index in [1.165, 1.54) is 12.1 Å². The number of hydrogen-bond acceptors (Lipinski definition) is 6. The number of aromatic amines is 2. The summed E-state index contributed by atoms with van der Waals surface area (Å²) in [5.74, 6) is 0. The van der Waals surface area contributed by atoms with Crippen LogP contribution < -0.4 is 15.8 Å². The van der Waals surface area contributed by atoms with E-state index in [0.29, 0.717) is 32.6 Å². The van der Waals surface area contributed by atoms with Gasteiger partial charge in [0.2, 0.25) is 19.9 Å². The van der Waals surface area contributed by atoms with Crippen LogP contribution >= 0.6 is 11.6 Å². The molecule has 0 amide bonds. The highest BCUT2D eigenvalue weighted by Gasteiger charge is 2.28. The Labute approximate surface area is 334 Å². The molecule has 2 heterocycles. The van der Waals surface area contributed by atoms with Crippen LogP contribution in [0.15, 0.2) is 176 Å². The predicted octanol–water partition coefficient (Wildman–Crippen LogP) is 8.97. The second-order valence-corrected chi connectivity index (χ2v) is 17.5. The highest BCUT2D eigenvalue weighted by Crippen LogP contribution is 2.36. The van der Waals surface area contributed by atoms with Crippen molar-refractivity contribution < 1.29 is 16.8 Å². The third-order valence-corrected chi connectivity index (χ3v) is 12.9. The Hall–Kier alpha value is -6.11. The first-order valence-electron chi connectivity index (χ1n) is 17.8. The Morgan fingerprint density at radius 3 is 1.67 bits per heavy atom. The summed E-state index contributed by atoms with van der Waals surface area (Å²) in [6.45, 7) is 3.77. The molecule has 57 heavy (non-hydrogen) atoms. The Kier molecular flexibility index (Phi) is 11.1. The molecule has 0 atom stereocenters. The molecule has 9 nitrogen and oxygen atoms in total. The average molecular weight is 814 g/mol. The van der Waals surface area contributed by atoms with Crippen molar-refractivity contribution >= 4 is 53.3 Å². The molecule has 0 saturated carbocycles. The summed E-state index contributed by atoms with van der Waals surface area (Å²) >= 11 is 6.16. The summed E-state index contributed by atoms with van der Waals surface area (Å²) in [6.07, 6.45) is 0. The van der Waals surface area contributed by atoms with Crippen LogP contribution in [0.5, 0.6) is 0 Å². The maximum Gasteiger partial charge on any atom is 0.268 e. The Balaban J connectivity index is 0.000000175. The minimum atomic E-state index is -4.04. The maximum atomic E-state index is 13.3. The van der Waals surface area contributed by atoms with E-state index in [1.807, 2.05) is 68.4 Å². The van der Waals surface area contributed by atoms with Crippen molar-refractivity contribution in [3.8, 4) is 22.3 Å². The van der Waals surface area contributed by atoms with Crippen molar-refractivity contribution in [1.82, 2.24) is 14.7 Å². The molecule has 0 unspecified atom stereocenters. The number of rotatable bonds is 8. The summed E-state index contributed by atoms with van der Waals surface area (Å²) < 4.78 is 54.8. The van der Waals surface area contributed by atoms with Gasteiger partial charge in [-0.15, -0.1) is 0 Å². The van der Waals surface area contributed by atoms with Crippen LogP contribution in [0.2, 0.25) is 5.02 Å². The largest absolute Gasteiger partial charge is 0.322 e. The molecule has 6 aromatic carbocycles. The number of benzene rings is 6. The second kappa shape index (κ2) is 16.2. The van der Waals surface area contributed by atoms with Crippen LogP contribution in [0.3, 0.4) is 0 Å². The quantitative estimate of drug-likeness (QED) is 0.140. The number of H-pyrrole nitrogens is 2. The number of aryl methyl sites for hydroxylation is 2. The number of sulfone groups is 1. The molecular weight excluding hydrogens is 778 g/mol. The summed E-state index contributed by atoms with van der Waals surface area (Å²) in [6, 6.07) is 43.9. The van der Waals surface area contributed by atoms with Gasteiger partial charge in [0.05, 0.1) is 9.79 Å². The van der Waals surface area contributed by atoms with Gasteiger partial charge in [0.25, 0.3) is 11.1 Å². The monoisotopic (exact) mass is 813 g/mol. The number of hydrogen-bond donors (Lipinski definition) is 3. The molecule has 0 fully saturated rings. The van der Waals surface area contributed by atoms with Crippen molar-refractivity contribution in [2.75, 3.05) is 0 Å². The lowest BCUT2D eigenvalue weighted by Crippen LogP contribution is -2.27. The van der Waals surface area contributed by atoms with Crippen molar-refractivity contribution in [3.05, 3.63) is 194 Å². The molecule has 0 bridgehead atoms. The standard InChI is InChI=1S/C24H22N2O3S.C21H14ClNO3S/c1-16-8-11-19(12-9-16)30(28,29)25-15-21-23(18-6-4-3-5-7-18)20-14-17(2)10-13-22(20)26-24(21)27;22-15-11-12-18-17(13-15)19(14-7-3-1-4-8-14)20(21(24)23-18)27(25,26)16-9-5-2-6-10-16/h3-14,25H,15H2,1-2H3,(H,26,27);1-13H,(H,23,24). The Morgan fingerprint density at radius 2 is 1.05 bits per heavy atom. The molecule has 12 heteroatoms. The number of nitrogens with one attached hydrogen (secondary N) is 3. The summed E-state index contributed by atoms with van der Waals surface area (Å²) in [4.78, 5) is 31.3. The SMILES string of the molecule is Cc1ccc(S(=O)(=O)NCc2c(-c3ccccc3)c3cc(C)ccc3[nH]c2=O)cc1.O=c1[nH]c2ccc(Cl)cc2c(-c2ccccc2)c1S(=O)(=O)c1ccccc1.